The molecule has 3 aromatic rings. The lowest BCUT2D eigenvalue weighted by molar-refractivity contribution is -0.111. The molecule has 0 atom stereocenters. The van der Waals surface area contributed by atoms with Gasteiger partial charge in [0.05, 0.1) is 5.56 Å². The fourth-order valence-electron chi connectivity index (χ4n) is 2.34. The first-order valence-corrected chi connectivity index (χ1v) is 8.27. The van der Waals surface area contributed by atoms with E-state index in [1.807, 2.05) is 0 Å². The van der Waals surface area contributed by atoms with Gasteiger partial charge >= 0.3 is 0 Å². The van der Waals surface area contributed by atoms with Crippen molar-refractivity contribution in [2.45, 2.75) is 0 Å². The fourth-order valence-corrected chi connectivity index (χ4v) is 2.34. The molecule has 5 nitrogen and oxygen atoms in total. The first-order chi connectivity index (χ1) is 13.5. The number of nitrogens with one attached hydrogen (secondary N) is 2. The first-order valence-electron chi connectivity index (χ1n) is 8.27. The molecule has 2 amide bonds. The van der Waals surface area contributed by atoms with E-state index in [1.165, 1.54) is 6.08 Å². The Labute approximate surface area is 159 Å². The minimum Gasteiger partial charge on any atom is -0.323 e. The number of carbonyl (C=O) groups excluding carboxylic acids is 2. The summed E-state index contributed by atoms with van der Waals surface area (Å²) < 4.78 is 26.6. The number of hydrogen-bond donors (Lipinski definition) is 2. The highest BCUT2D eigenvalue weighted by Gasteiger charge is 2.12. The second-order valence-corrected chi connectivity index (χ2v) is 5.76. The van der Waals surface area contributed by atoms with E-state index in [1.54, 1.807) is 54.9 Å². The Morgan fingerprint density at radius 3 is 2.14 bits per heavy atom. The second kappa shape index (κ2) is 8.68. The summed E-state index contributed by atoms with van der Waals surface area (Å²) in [6.45, 7) is 0. The van der Waals surface area contributed by atoms with E-state index in [0.29, 0.717) is 17.4 Å². The van der Waals surface area contributed by atoms with Crippen molar-refractivity contribution in [3.8, 4) is 0 Å². The van der Waals surface area contributed by atoms with E-state index in [-0.39, 0.29) is 11.5 Å². The number of rotatable bonds is 5. The highest BCUT2D eigenvalue weighted by molar-refractivity contribution is 6.05. The molecule has 0 saturated heterocycles. The van der Waals surface area contributed by atoms with Gasteiger partial charge in [-0.05, 0) is 60.2 Å². The number of benzene rings is 2. The molecule has 0 aliphatic heterocycles. The number of hydrogen-bond acceptors (Lipinski definition) is 3. The monoisotopic (exact) mass is 379 g/mol. The Morgan fingerprint density at radius 2 is 1.50 bits per heavy atom. The quantitative estimate of drug-likeness (QED) is 0.651. The molecule has 3 rings (SSSR count). The number of nitrogens with zero attached hydrogens (tertiary/aromatic N) is 1. The lowest BCUT2D eigenvalue weighted by Gasteiger charge is -2.08. The van der Waals surface area contributed by atoms with E-state index < -0.39 is 17.5 Å². The van der Waals surface area contributed by atoms with Crippen LogP contribution in [0.15, 0.2) is 73.1 Å². The molecule has 0 bridgehead atoms. The van der Waals surface area contributed by atoms with Crippen molar-refractivity contribution < 1.29 is 18.4 Å². The zero-order valence-corrected chi connectivity index (χ0v) is 14.5. The Morgan fingerprint density at radius 1 is 0.857 bits per heavy atom. The van der Waals surface area contributed by atoms with Crippen LogP contribution in [0.4, 0.5) is 20.2 Å². The van der Waals surface area contributed by atoms with Gasteiger partial charge in [0.15, 0.2) is 0 Å². The predicted octanol–water partition coefficient (Wildman–Crippen LogP) is 4.26. The third-order valence-corrected chi connectivity index (χ3v) is 3.72. The largest absolute Gasteiger partial charge is 0.323 e. The summed E-state index contributed by atoms with van der Waals surface area (Å²) >= 11 is 0. The maximum atomic E-state index is 13.6. The van der Waals surface area contributed by atoms with E-state index in [4.69, 9.17) is 0 Å². The van der Waals surface area contributed by atoms with Gasteiger partial charge in [-0.15, -0.1) is 0 Å². The molecule has 0 aliphatic carbocycles. The zero-order valence-electron chi connectivity index (χ0n) is 14.5. The number of halogens is 2. The lowest BCUT2D eigenvalue weighted by Crippen LogP contribution is -2.14. The molecule has 1 aromatic heterocycles. The van der Waals surface area contributed by atoms with Gasteiger partial charge in [-0.1, -0.05) is 0 Å². The molecule has 0 saturated carbocycles. The molecule has 0 radical (unpaired) electrons. The van der Waals surface area contributed by atoms with Crippen LogP contribution >= 0.6 is 0 Å². The smallest absolute Gasteiger partial charge is 0.258 e. The van der Waals surface area contributed by atoms with Crippen LogP contribution in [0.2, 0.25) is 0 Å². The summed E-state index contributed by atoms with van der Waals surface area (Å²) in [4.78, 5) is 27.9. The molecular weight excluding hydrogens is 364 g/mol. The zero-order chi connectivity index (χ0) is 19.9. The molecule has 0 unspecified atom stereocenters. The molecular formula is C21H15F2N3O2. The van der Waals surface area contributed by atoms with Crippen LogP contribution in [0.5, 0.6) is 0 Å². The molecule has 2 N–H and O–H groups in total. The molecule has 1 heterocycles. The van der Waals surface area contributed by atoms with Crippen LogP contribution in [0.3, 0.4) is 0 Å². The van der Waals surface area contributed by atoms with Crippen molar-refractivity contribution in [2.75, 3.05) is 10.6 Å². The van der Waals surface area contributed by atoms with Crippen molar-refractivity contribution in [2.24, 2.45) is 0 Å². The van der Waals surface area contributed by atoms with Crippen LogP contribution in [0.25, 0.3) is 6.08 Å². The van der Waals surface area contributed by atoms with Crippen LogP contribution in [-0.2, 0) is 4.79 Å². The molecule has 2 aromatic carbocycles. The van der Waals surface area contributed by atoms with Crippen LogP contribution < -0.4 is 10.6 Å². The molecule has 28 heavy (non-hydrogen) atoms. The van der Waals surface area contributed by atoms with Crippen molar-refractivity contribution >= 4 is 29.3 Å². The van der Waals surface area contributed by atoms with Gasteiger partial charge in [0.2, 0.25) is 5.91 Å². The van der Waals surface area contributed by atoms with E-state index >= 15 is 0 Å². The fraction of sp³-hybridized carbons (Fsp3) is 0. The second-order valence-electron chi connectivity index (χ2n) is 5.76. The van der Waals surface area contributed by atoms with Gasteiger partial charge in [0, 0.05) is 35.9 Å². The number of carbonyl (C=O) groups is 2. The van der Waals surface area contributed by atoms with Gasteiger partial charge in [-0.25, -0.2) is 8.78 Å². The van der Waals surface area contributed by atoms with Crippen molar-refractivity contribution in [1.82, 2.24) is 4.98 Å². The standard InChI is InChI=1S/C21H15F2N3O2/c22-15-2-7-18(19(23)13-15)21(28)26-17-5-3-16(4-6-17)25-20(27)8-1-14-9-11-24-12-10-14/h1-13H,(H,25,27)(H,26,28)/b8-1+. The summed E-state index contributed by atoms with van der Waals surface area (Å²) in [6.07, 6.45) is 6.30. The number of pyridine rings is 1. The third-order valence-electron chi connectivity index (χ3n) is 3.72. The van der Waals surface area contributed by atoms with Gasteiger partial charge in [-0.3, -0.25) is 14.6 Å². The van der Waals surface area contributed by atoms with E-state index in [0.717, 1.165) is 17.7 Å². The normalized spacial score (nSPS) is 10.6. The van der Waals surface area contributed by atoms with Crippen molar-refractivity contribution in [3.63, 3.8) is 0 Å². The molecule has 0 aliphatic rings. The lowest BCUT2D eigenvalue weighted by atomic mass is 10.2. The molecule has 0 fully saturated rings. The van der Waals surface area contributed by atoms with Crippen molar-refractivity contribution in [3.05, 3.63) is 95.8 Å². The first kappa shape index (κ1) is 18.9. The van der Waals surface area contributed by atoms with Crippen LogP contribution in [0, 0.1) is 11.6 Å². The highest BCUT2D eigenvalue weighted by atomic mass is 19.1. The Balaban J connectivity index is 1.59. The maximum absolute atomic E-state index is 13.6. The SMILES string of the molecule is O=C(/C=C/c1ccncc1)Nc1ccc(NC(=O)c2ccc(F)cc2F)cc1. The van der Waals surface area contributed by atoms with Gasteiger partial charge < -0.3 is 10.6 Å². The Hall–Kier alpha value is -3.87. The molecule has 7 heteroatoms. The highest BCUT2D eigenvalue weighted by Crippen LogP contribution is 2.16. The average Bonchev–Trinajstić information content (AvgIpc) is 2.68. The molecule has 140 valence electrons. The number of anilines is 2. The predicted molar refractivity (Wildman–Crippen MR) is 103 cm³/mol. The van der Waals surface area contributed by atoms with E-state index in [9.17, 15) is 18.4 Å². The minimum atomic E-state index is -0.942. The van der Waals surface area contributed by atoms with Gasteiger partial charge in [0.25, 0.3) is 5.91 Å². The summed E-state index contributed by atoms with van der Waals surface area (Å²) in [5, 5.41) is 5.20. The third kappa shape index (κ3) is 5.07. The topological polar surface area (TPSA) is 71.1 Å². The number of amides is 2. The summed E-state index contributed by atoms with van der Waals surface area (Å²) in [5.74, 6) is -2.72. The van der Waals surface area contributed by atoms with Crippen LogP contribution in [-0.4, -0.2) is 16.8 Å². The van der Waals surface area contributed by atoms with Gasteiger partial charge in [0.1, 0.15) is 11.6 Å². The maximum Gasteiger partial charge on any atom is 0.258 e. The summed E-state index contributed by atoms with van der Waals surface area (Å²) in [5.41, 5.74) is 1.51. The Bertz CT molecular complexity index is 1020. The van der Waals surface area contributed by atoms with Crippen molar-refractivity contribution in [1.29, 1.82) is 0 Å². The summed E-state index contributed by atoms with van der Waals surface area (Å²) in [7, 11) is 0. The summed E-state index contributed by atoms with van der Waals surface area (Å²) in [6, 6.07) is 12.6. The average molecular weight is 379 g/mol. The minimum absolute atomic E-state index is 0.264. The Kier molecular flexibility index (Phi) is 5.86. The number of aromatic nitrogens is 1. The molecule has 0 spiro atoms. The van der Waals surface area contributed by atoms with E-state index in [2.05, 4.69) is 15.6 Å². The van der Waals surface area contributed by atoms with Crippen LogP contribution in [0.1, 0.15) is 15.9 Å². The van der Waals surface area contributed by atoms with Gasteiger partial charge in [-0.2, -0.15) is 0 Å².